The predicted octanol–water partition coefficient (Wildman–Crippen LogP) is 2.69. The van der Waals surface area contributed by atoms with Crippen molar-refractivity contribution in [2.45, 2.75) is 31.7 Å². The highest BCUT2D eigenvalue weighted by atomic mass is 19.1. The van der Waals surface area contributed by atoms with Gasteiger partial charge < -0.3 is 5.73 Å². The van der Waals surface area contributed by atoms with E-state index in [1.54, 1.807) is 0 Å². The monoisotopic (exact) mass is 197 g/mol. The van der Waals surface area contributed by atoms with Gasteiger partial charge in [-0.3, -0.25) is 0 Å². The Morgan fingerprint density at radius 3 is 2.64 bits per heavy atom. The van der Waals surface area contributed by atoms with Gasteiger partial charge in [0.05, 0.1) is 0 Å². The molecule has 1 aliphatic rings. The van der Waals surface area contributed by atoms with Crippen molar-refractivity contribution in [2.75, 3.05) is 0 Å². The first-order valence-corrected chi connectivity index (χ1v) is 4.92. The summed E-state index contributed by atoms with van der Waals surface area (Å²) in [5, 5.41) is 0. The molecular weight excluding hydrogens is 184 g/mol. The molecule has 1 aliphatic carbocycles. The van der Waals surface area contributed by atoms with Gasteiger partial charge in [-0.15, -0.1) is 0 Å². The van der Waals surface area contributed by atoms with Gasteiger partial charge in [0.2, 0.25) is 0 Å². The Morgan fingerprint density at radius 1 is 1.14 bits per heavy atom. The highest BCUT2D eigenvalue weighted by Gasteiger charge is 2.21. The molecule has 1 atom stereocenters. The average molecular weight is 197 g/mol. The first kappa shape index (κ1) is 9.59. The van der Waals surface area contributed by atoms with Crippen LogP contribution in [0.2, 0.25) is 0 Å². The fourth-order valence-corrected chi connectivity index (χ4v) is 2.07. The molecule has 1 aromatic rings. The van der Waals surface area contributed by atoms with Crippen molar-refractivity contribution in [1.82, 2.24) is 0 Å². The summed E-state index contributed by atoms with van der Waals surface area (Å²) in [4.78, 5) is 0. The lowest BCUT2D eigenvalue weighted by atomic mass is 9.98. The quantitative estimate of drug-likeness (QED) is 0.636. The molecule has 1 aromatic carbocycles. The number of nitrogens with two attached hydrogens (primary N) is 1. The molecule has 0 bridgehead atoms. The van der Waals surface area contributed by atoms with Crippen LogP contribution in [0.15, 0.2) is 12.1 Å². The highest BCUT2D eigenvalue weighted by molar-refractivity contribution is 5.33. The van der Waals surface area contributed by atoms with E-state index >= 15 is 0 Å². The van der Waals surface area contributed by atoms with E-state index in [1.165, 1.54) is 12.1 Å². The Morgan fingerprint density at radius 2 is 1.86 bits per heavy atom. The van der Waals surface area contributed by atoms with Crippen LogP contribution in [0, 0.1) is 11.6 Å². The van der Waals surface area contributed by atoms with Crippen LogP contribution < -0.4 is 5.73 Å². The van der Waals surface area contributed by atoms with Crippen molar-refractivity contribution in [3.05, 3.63) is 34.9 Å². The SMILES string of the molecule is N[C@H]1CCCCc2c(F)ccc(F)c21. The molecule has 76 valence electrons. The lowest BCUT2D eigenvalue weighted by molar-refractivity contribution is 0.547. The van der Waals surface area contributed by atoms with Crippen molar-refractivity contribution in [3.8, 4) is 0 Å². The topological polar surface area (TPSA) is 26.0 Å². The van der Waals surface area contributed by atoms with Crippen LogP contribution in [0.3, 0.4) is 0 Å². The van der Waals surface area contributed by atoms with Crippen molar-refractivity contribution in [2.24, 2.45) is 5.73 Å². The first-order chi connectivity index (χ1) is 6.70. The fraction of sp³-hybridized carbons (Fsp3) is 0.455. The maximum Gasteiger partial charge on any atom is 0.128 e. The number of hydrogen-bond donors (Lipinski definition) is 1. The molecule has 14 heavy (non-hydrogen) atoms. The van der Waals surface area contributed by atoms with Gasteiger partial charge in [0, 0.05) is 11.6 Å². The minimum absolute atomic E-state index is 0.321. The van der Waals surface area contributed by atoms with Crippen LogP contribution in [0.5, 0.6) is 0 Å². The second kappa shape index (κ2) is 3.65. The third-order valence-electron chi connectivity index (χ3n) is 2.81. The molecule has 2 rings (SSSR count). The van der Waals surface area contributed by atoms with Crippen molar-refractivity contribution < 1.29 is 8.78 Å². The number of rotatable bonds is 0. The molecule has 0 saturated heterocycles. The molecule has 0 saturated carbocycles. The van der Waals surface area contributed by atoms with Crippen LogP contribution in [0.25, 0.3) is 0 Å². The third kappa shape index (κ3) is 1.52. The van der Waals surface area contributed by atoms with E-state index in [0.717, 1.165) is 19.3 Å². The molecule has 0 amide bonds. The molecule has 0 heterocycles. The standard InChI is InChI=1S/C11H13F2N/c12-8-5-6-9(13)11-7(8)3-1-2-4-10(11)14/h5-6,10H,1-4,14H2/t10-/m0/s1. The summed E-state index contributed by atoms with van der Waals surface area (Å²) in [5.41, 5.74) is 6.68. The average Bonchev–Trinajstić information content (AvgIpc) is 2.35. The van der Waals surface area contributed by atoms with Crippen LogP contribution >= 0.6 is 0 Å². The second-order valence-corrected chi connectivity index (χ2v) is 3.77. The van der Waals surface area contributed by atoms with E-state index in [0.29, 0.717) is 17.5 Å². The third-order valence-corrected chi connectivity index (χ3v) is 2.81. The molecule has 0 spiro atoms. The Bertz CT molecular complexity index is 349. The maximum absolute atomic E-state index is 13.4. The zero-order chi connectivity index (χ0) is 10.1. The zero-order valence-corrected chi connectivity index (χ0v) is 7.89. The van der Waals surface area contributed by atoms with Gasteiger partial charge in [-0.1, -0.05) is 6.42 Å². The van der Waals surface area contributed by atoms with Crippen molar-refractivity contribution in [3.63, 3.8) is 0 Å². The first-order valence-electron chi connectivity index (χ1n) is 4.92. The van der Waals surface area contributed by atoms with Crippen LogP contribution in [0.4, 0.5) is 8.78 Å². The summed E-state index contributed by atoms with van der Waals surface area (Å²) in [6, 6.07) is 2.01. The van der Waals surface area contributed by atoms with Crippen LogP contribution in [0.1, 0.15) is 36.4 Å². The highest BCUT2D eigenvalue weighted by Crippen LogP contribution is 2.30. The molecule has 2 N–H and O–H groups in total. The van der Waals surface area contributed by atoms with E-state index in [2.05, 4.69) is 0 Å². The van der Waals surface area contributed by atoms with Gasteiger partial charge >= 0.3 is 0 Å². The van der Waals surface area contributed by atoms with Gasteiger partial charge in [0.1, 0.15) is 11.6 Å². The second-order valence-electron chi connectivity index (χ2n) is 3.77. The summed E-state index contributed by atoms with van der Waals surface area (Å²) in [6.45, 7) is 0. The molecule has 0 aliphatic heterocycles. The maximum atomic E-state index is 13.4. The Kier molecular flexibility index (Phi) is 2.50. The van der Waals surface area contributed by atoms with Gasteiger partial charge in [-0.25, -0.2) is 8.78 Å². The number of fused-ring (bicyclic) bond motifs is 1. The molecule has 1 nitrogen and oxygen atoms in total. The summed E-state index contributed by atoms with van der Waals surface area (Å²) in [7, 11) is 0. The van der Waals surface area contributed by atoms with Gasteiger partial charge in [0.25, 0.3) is 0 Å². The number of halogens is 2. The lowest BCUT2D eigenvalue weighted by Crippen LogP contribution is -2.13. The lowest BCUT2D eigenvalue weighted by Gasteiger charge is -2.13. The molecule has 0 fully saturated rings. The molecule has 0 radical (unpaired) electrons. The summed E-state index contributed by atoms with van der Waals surface area (Å²) in [6.07, 6.45) is 3.18. The van der Waals surface area contributed by atoms with Gasteiger partial charge in [0.15, 0.2) is 0 Å². The predicted molar refractivity (Wildman–Crippen MR) is 50.8 cm³/mol. The number of benzene rings is 1. The van der Waals surface area contributed by atoms with E-state index < -0.39 is 0 Å². The fourth-order valence-electron chi connectivity index (χ4n) is 2.07. The smallest absolute Gasteiger partial charge is 0.128 e. The van der Waals surface area contributed by atoms with E-state index in [4.69, 9.17) is 5.73 Å². The number of hydrogen-bond acceptors (Lipinski definition) is 1. The molecule has 0 unspecified atom stereocenters. The zero-order valence-electron chi connectivity index (χ0n) is 7.89. The molecule has 0 aromatic heterocycles. The van der Waals surface area contributed by atoms with E-state index in [9.17, 15) is 8.78 Å². The minimum Gasteiger partial charge on any atom is -0.324 e. The minimum atomic E-state index is -0.365. The largest absolute Gasteiger partial charge is 0.324 e. The summed E-state index contributed by atoms with van der Waals surface area (Å²) < 4.78 is 26.8. The Labute approximate surface area is 81.9 Å². The Balaban J connectivity index is 2.57. The van der Waals surface area contributed by atoms with Crippen molar-refractivity contribution in [1.29, 1.82) is 0 Å². The van der Waals surface area contributed by atoms with E-state index in [-0.39, 0.29) is 17.7 Å². The normalized spacial score (nSPS) is 21.5. The Hall–Kier alpha value is -0.960. The summed E-state index contributed by atoms with van der Waals surface area (Å²) >= 11 is 0. The van der Waals surface area contributed by atoms with Gasteiger partial charge in [-0.2, -0.15) is 0 Å². The van der Waals surface area contributed by atoms with E-state index in [1.807, 2.05) is 0 Å². The molecule has 3 heteroatoms. The molecular formula is C11H13F2N. The van der Waals surface area contributed by atoms with Gasteiger partial charge in [-0.05, 0) is 37.0 Å². The van der Waals surface area contributed by atoms with Crippen LogP contribution in [-0.4, -0.2) is 0 Å². The van der Waals surface area contributed by atoms with Crippen LogP contribution in [-0.2, 0) is 6.42 Å². The van der Waals surface area contributed by atoms with Crippen molar-refractivity contribution >= 4 is 0 Å². The summed E-state index contributed by atoms with van der Waals surface area (Å²) in [5.74, 6) is -0.686.